The number of carbonyl (C=O) groups excluding carboxylic acids is 3. The van der Waals surface area contributed by atoms with Crippen LogP contribution in [0.2, 0.25) is 0 Å². The minimum absolute atomic E-state index is 0.0969. The third-order valence-corrected chi connectivity index (χ3v) is 11.9. The van der Waals surface area contributed by atoms with Gasteiger partial charge in [-0.05, 0) is 116 Å². The zero-order valence-electron chi connectivity index (χ0n) is 46.4. The van der Waals surface area contributed by atoms with Crippen LogP contribution in [0.3, 0.4) is 0 Å². The van der Waals surface area contributed by atoms with Crippen LogP contribution in [0.4, 0.5) is 0 Å². The topological polar surface area (TPSA) is 78.9 Å². The van der Waals surface area contributed by atoms with Crippen molar-refractivity contribution in [3.05, 3.63) is 134 Å². The monoisotopic (exact) mass is 995 g/mol. The van der Waals surface area contributed by atoms with Crippen LogP contribution in [0.5, 0.6) is 0 Å². The summed E-state index contributed by atoms with van der Waals surface area (Å²) in [6.07, 6.45) is 83.0. The normalized spacial score (nSPS) is 13.1. The molecule has 0 saturated carbocycles. The number of hydrogen-bond acceptors (Lipinski definition) is 6. The maximum Gasteiger partial charge on any atom is 0.306 e. The van der Waals surface area contributed by atoms with Gasteiger partial charge in [0.1, 0.15) is 13.2 Å². The zero-order chi connectivity index (χ0) is 52.2. The first-order valence-electron chi connectivity index (χ1n) is 29.2. The van der Waals surface area contributed by atoms with Crippen LogP contribution in [-0.4, -0.2) is 37.2 Å². The first-order chi connectivity index (χ1) is 35.5. The highest BCUT2D eigenvalue weighted by atomic mass is 16.6. The Bertz CT molecular complexity index is 1560. The molecule has 0 aliphatic rings. The van der Waals surface area contributed by atoms with E-state index in [1.807, 2.05) is 0 Å². The number of esters is 3. The minimum Gasteiger partial charge on any atom is -0.462 e. The summed E-state index contributed by atoms with van der Waals surface area (Å²) in [5, 5.41) is 0. The summed E-state index contributed by atoms with van der Waals surface area (Å²) in [5.74, 6) is -0.946. The van der Waals surface area contributed by atoms with Crippen molar-refractivity contribution in [2.75, 3.05) is 13.2 Å². The van der Waals surface area contributed by atoms with E-state index in [0.717, 1.165) is 161 Å². The van der Waals surface area contributed by atoms with Gasteiger partial charge < -0.3 is 14.2 Å². The molecule has 0 saturated heterocycles. The van der Waals surface area contributed by atoms with E-state index in [1.54, 1.807) is 0 Å². The van der Waals surface area contributed by atoms with Crippen molar-refractivity contribution in [1.82, 2.24) is 0 Å². The average Bonchev–Trinajstić information content (AvgIpc) is 3.38. The van der Waals surface area contributed by atoms with Crippen molar-refractivity contribution in [3.8, 4) is 0 Å². The highest BCUT2D eigenvalue weighted by Crippen LogP contribution is 2.14. The Morgan fingerprint density at radius 3 is 0.847 bits per heavy atom. The molecule has 0 aromatic heterocycles. The zero-order valence-corrected chi connectivity index (χ0v) is 46.4. The maximum absolute atomic E-state index is 12.8. The van der Waals surface area contributed by atoms with Crippen molar-refractivity contribution in [3.63, 3.8) is 0 Å². The van der Waals surface area contributed by atoms with Crippen molar-refractivity contribution in [2.24, 2.45) is 0 Å². The molecule has 0 bridgehead atoms. The van der Waals surface area contributed by atoms with Gasteiger partial charge in [0.15, 0.2) is 6.10 Å². The summed E-state index contributed by atoms with van der Waals surface area (Å²) in [5.41, 5.74) is 0. The van der Waals surface area contributed by atoms with Crippen LogP contribution >= 0.6 is 0 Å². The van der Waals surface area contributed by atoms with Crippen LogP contribution in [0.1, 0.15) is 245 Å². The molecule has 0 aromatic carbocycles. The van der Waals surface area contributed by atoms with Gasteiger partial charge in [0.05, 0.1) is 0 Å². The SMILES string of the molecule is CC/C=C\C/C=C\C/C=C\C/C=C\C/C=C\C/C=C\C/C=C\CCCCCCCC(=O)OCC(COC(=O)CCCCCCCCCCCC)OC(=O)CCCCCC/C=C\C/C=C\C/C=C\C/C=C\CC. The minimum atomic E-state index is -0.802. The van der Waals surface area contributed by atoms with Crippen LogP contribution in [0.15, 0.2) is 134 Å². The molecular formula is C66H106O6. The second-order valence-electron chi connectivity index (χ2n) is 18.8. The largest absolute Gasteiger partial charge is 0.462 e. The standard InChI is InChI=1S/C66H106O6/c1-4-7-10-13-16-19-22-24-26-28-29-30-31-32-33-34-35-36-37-39-40-42-44-47-50-53-56-59-65(68)71-62-63(61-70-64(67)58-55-52-49-46-21-18-15-12-9-6-3)72-66(69)60-57-54-51-48-45-43-41-38-27-25-23-20-17-14-11-8-5-2/h7-8,10-11,16-17,19-20,24-27,29-30,32-33,35-36,39-41,43,63H,4-6,9,12-15,18,21-23,28,31,34,37-38,42,44-62H2,1-3H3/b10-7-,11-8-,19-16-,20-17-,26-24-,27-25-,30-29-,33-32-,36-35-,40-39-,43-41-. The number of rotatable bonds is 51. The molecule has 1 unspecified atom stereocenters. The average molecular weight is 996 g/mol. The van der Waals surface area contributed by atoms with Gasteiger partial charge in [-0.2, -0.15) is 0 Å². The first-order valence-corrected chi connectivity index (χ1v) is 29.2. The van der Waals surface area contributed by atoms with Gasteiger partial charge in [-0.25, -0.2) is 0 Å². The molecule has 0 aliphatic carbocycles. The van der Waals surface area contributed by atoms with Gasteiger partial charge in [-0.15, -0.1) is 0 Å². The summed E-state index contributed by atoms with van der Waals surface area (Å²) < 4.78 is 16.8. The lowest BCUT2D eigenvalue weighted by molar-refractivity contribution is -0.167. The summed E-state index contributed by atoms with van der Waals surface area (Å²) in [6.45, 7) is 6.35. The fourth-order valence-electron chi connectivity index (χ4n) is 7.59. The number of unbranched alkanes of at least 4 members (excludes halogenated alkanes) is 18. The van der Waals surface area contributed by atoms with Gasteiger partial charge in [-0.1, -0.05) is 244 Å². The predicted molar refractivity (Wildman–Crippen MR) is 311 cm³/mol. The van der Waals surface area contributed by atoms with Crippen molar-refractivity contribution in [1.29, 1.82) is 0 Å². The molecule has 6 nitrogen and oxygen atoms in total. The summed E-state index contributed by atoms with van der Waals surface area (Å²) in [4.78, 5) is 38.1. The summed E-state index contributed by atoms with van der Waals surface area (Å²) in [7, 11) is 0. The molecule has 0 fully saturated rings. The van der Waals surface area contributed by atoms with Crippen LogP contribution in [0.25, 0.3) is 0 Å². The second-order valence-corrected chi connectivity index (χ2v) is 18.8. The Balaban J connectivity index is 4.38. The second kappa shape index (κ2) is 59.1. The molecule has 406 valence electrons. The molecule has 0 aromatic rings. The van der Waals surface area contributed by atoms with E-state index >= 15 is 0 Å². The molecule has 0 heterocycles. The Morgan fingerprint density at radius 2 is 0.542 bits per heavy atom. The molecule has 0 rings (SSSR count). The van der Waals surface area contributed by atoms with Crippen molar-refractivity contribution in [2.45, 2.75) is 252 Å². The smallest absolute Gasteiger partial charge is 0.306 e. The van der Waals surface area contributed by atoms with E-state index in [1.165, 1.54) is 44.9 Å². The highest BCUT2D eigenvalue weighted by Gasteiger charge is 2.19. The van der Waals surface area contributed by atoms with Gasteiger partial charge in [0, 0.05) is 19.3 Å². The van der Waals surface area contributed by atoms with E-state index in [-0.39, 0.29) is 31.1 Å². The molecule has 0 N–H and O–H groups in total. The van der Waals surface area contributed by atoms with Crippen molar-refractivity contribution >= 4 is 17.9 Å². The van der Waals surface area contributed by atoms with Gasteiger partial charge in [0.2, 0.25) is 0 Å². The predicted octanol–water partition coefficient (Wildman–Crippen LogP) is 19.8. The van der Waals surface area contributed by atoms with Gasteiger partial charge in [0.25, 0.3) is 0 Å². The maximum atomic E-state index is 12.8. The molecule has 1 atom stereocenters. The van der Waals surface area contributed by atoms with Gasteiger partial charge >= 0.3 is 17.9 Å². The Labute approximate surface area is 443 Å². The number of hydrogen-bond donors (Lipinski definition) is 0. The molecule has 0 amide bonds. The number of ether oxygens (including phenoxy) is 3. The lowest BCUT2D eigenvalue weighted by Crippen LogP contribution is -2.30. The van der Waals surface area contributed by atoms with E-state index < -0.39 is 6.10 Å². The lowest BCUT2D eigenvalue weighted by atomic mass is 10.1. The molecule has 72 heavy (non-hydrogen) atoms. The van der Waals surface area contributed by atoms with Crippen LogP contribution in [0, 0.1) is 0 Å². The Kier molecular flexibility index (Phi) is 55.5. The van der Waals surface area contributed by atoms with E-state index in [9.17, 15) is 14.4 Å². The lowest BCUT2D eigenvalue weighted by Gasteiger charge is -2.18. The van der Waals surface area contributed by atoms with E-state index in [0.29, 0.717) is 19.3 Å². The highest BCUT2D eigenvalue weighted by molar-refractivity contribution is 5.71. The Morgan fingerprint density at radius 1 is 0.292 bits per heavy atom. The van der Waals surface area contributed by atoms with Crippen molar-refractivity contribution < 1.29 is 28.6 Å². The number of carbonyl (C=O) groups is 3. The quantitative estimate of drug-likeness (QED) is 0.0261. The first kappa shape index (κ1) is 67.5. The van der Waals surface area contributed by atoms with Crippen LogP contribution in [-0.2, 0) is 28.6 Å². The molecule has 0 radical (unpaired) electrons. The number of allylic oxidation sites excluding steroid dienone is 22. The van der Waals surface area contributed by atoms with Crippen LogP contribution < -0.4 is 0 Å². The molecule has 0 aliphatic heterocycles. The third kappa shape index (κ3) is 56.5. The Hall–Kier alpha value is -4.45. The summed E-state index contributed by atoms with van der Waals surface area (Å²) in [6, 6.07) is 0. The van der Waals surface area contributed by atoms with E-state index in [2.05, 4.69) is 154 Å². The third-order valence-electron chi connectivity index (χ3n) is 11.9. The molecule has 0 spiro atoms. The fraction of sp³-hybridized carbons (Fsp3) is 0.621. The fourth-order valence-corrected chi connectivity index (χ4v) is 7.59. The van der Waals surface area contributed by atoms with E-state index in [4.69, 9.17) is 14.2 Å². The summed E-state index contributed by atoms with van der Waals surface area (Å²) >= 11 is 0. The molecule has 6 heteroatoms. The molecular weight excluding hydrogens is 889 g/mol. The van der Waals surface area contributed by atoms with Gasteiger partial charge in [-0.3, -0.25) is 14.4 Å².